The van der Waals surface area contributed by atoms with Crippen molar-refractivity contribution in [2.45, 2.75) is 6.92 Å². The maximum atomic E-state index is 13.5. The van der Waals surface area contributed by atoms with Crippen molar-refractivity contribution in [2.24, 2.45) is 0 Å². The number of imide groups is 1. The Balaban J connectivity index is 2.03. The first-order valence-corrected chi connectivity index (χ1v) is 9.89. The maximum Gasteiger partial charge on any atom is 0.272 e. The molecule has 2 amide bonds. The van der Waals surface area contributed by atoms with E-state index in [-0.39, 0.29) is 33.5 Å². The molecule has 1 heterocycles. The Morgan fingerprint density at radius 2 is 1.86 bits per heavy atom. The minimum Gasteiger partial charge on any atom is -0.494 e. The van der Waals surface area contributed by atoms with Crippen molar-refractivity contribution in [3.8, 4) is 5.75 Å². The van der Waals surface area contributed by atoms with Crippen LogP contribution in [0.3, 0.4) is 0 Å². The summed E-state index contributed by atoms with van der Waals surface area (Å²) in [4.78, 5) is 27.3. The zero-order chi connectivity index (χ0) is 20.3. The fourth-order valence-corrected chi connectivity index (χ4v) is 3.82. The third-order valence-corrected chi connectivity index (χ3v) is 5.34. The molecule has 0 fully saturated rings. The van der Waals surface area contributed by atoms with Gasteiger partial charge in [0, 0.05) is 5.75 Å². The van der Waals surface area contributed by atoms with Crippen LogP contribution < -0.4 is 9.64 Å². The van der Waals surface area contributed by atoms with Crippen molar-refractivity contribution in [2.75, 3.05) is 23.9 Å². The number of thioether (sulfide) groups is 1. The Morgan fingerprint density at radius 1 is 1.14 bits per heavy atom. The number of benzene rings is 2. The largest absolute Gasteiger partial charge is 0.494 e. The van der Waals surface area contributed by atoms with E-state index in [2.05, 4.69) is 0 Å². The second-order valence-electron chi connectivity index (χ2n) is 5.78. The highest BCUT2D eigenvalue weighted by atomic mass is 35.5. The Hall–Kier alpha value is -2.35. The van der Waals surface area contributed by atoms with Gasteiger partial charge in [0.1, 0.15) is 11.6 Å². The summed E-state index contributed by atoms with van der Waals surface area (Å²) >= 11 is 6.92. The van der Waals surface area contributed by atoms with E-state index >= 15 is 0 Å². The molecular formula is C20H17ClFNO4S. The zero-order valence-corrected chi connectivity index (χ0v) is 16.5. The van der Waals surface area contributed by atoms with Gasteiger partial charge in [-0.3, -0.25) is 9.59 Å². The molecule has 0 radical (unpaired) electrons. The number of amides is 2. The molecule has 0 spiro atoms. The van der Waals surface area contributed by atoms with E-state index in [1.807, 2.05) is 6.92 Å². The summed E-state index contributed by atoms with van der Waals surface area (Å²) in [7, 11) is 0. The first-order chi connectivity index (χ1) is 13.5. The van der Waals surface area contributed by atoms with Crippen LogP contribution >= 0.6 is 23.4 Å². The van der Waals surface area contributed by atoms with Crippen LogP contribution in [0.2, 0.25) is 5.02 Å². The molecule has 3 rings (SSSR count). The summed E-state index contributed by atoms with van der Waals surface area (Å²) in [6.07, 6.45) is 0. The van der Waals surface area contributed by atoms with Gasteiger partial charge in [0.05, 0.1) is 34.4 Å². The van der Waals surface area contributed by atoms with Gasteiger partial charge in [0.2, 0.25) is 0 Å². The van der Waals surface area contributed by atoms with Crippen LogP contribution in [-0.4, -0.2) is 35.9 Å². The van der Waals surface area contributed by atoms with E-state index < -0.39 is 17.6 Å². The fraction of sp³-hybridized carbons (Fsp3) is 0.200. The third kappa shape index (κ3) is 3.92. The minimum atomic E-state index is -0.640. The smallest absolute Gasteiger partial charge is 0.272 e. The van der Waals surface area contributed by atoms with Gasteiger partial charge in [-0.15, -0.1) is 11.8 Å². The quantitative estimate of drug-likeness (QED) is 0.687. The maximum absolute atomic E-state index is 13.5. The normalized spacial score (nSPS) is 14.2. The van der Waals surface area contributed by atoms with Crippen LogP contribution in [0.4, 0.5) is 10.1 Å². The number of hydrogen-bond donors (Lipinski definition) is 1. The molecular weight excluding hydrogens is 405 g/mol. The van der Waals surface area contributed by atoms with Crippen molar-refractivity contribution >= 4 is 46.4 Å². The van der Waals surface area contributed by atoms with Gasteiger partial charge in [0.15, 0.2) is 0 Å². The Kier molecular flexibility index (Phi) is 6.39. The lowest BCUT2D eigenvalue weighted by Gasteiger charge is -2.15. The topological polar surface area (TPSA) is 66.8 Å². The fourth-order valence-electron chi connectivity index (χ4n) is 2.79. The molecule has 2 aromatic carbocycles. The van der Waals surface area contributed by atoms with E-state index in [1.54, 1.807) is 24.3 Å². The number of hydrogen-bond acceptors (Lipinski definition) is 5. The van der Waals surface area contributed by atoms with E-state index in [0.29, 0.717) is 17.9 Å². The lowest BCUT2D eigenvalue weighted by Crippen LogP contribution is -2.31. The summed E-state index contributed by atoms with van der Waals surface area (Å²) in [6.45, 7) is 2.23. The molecule has 0 unspecified atom stereocenters. The number of aliphatic hydroxyl groups is 1. The molecule has 0 aliphatic carbocycles. The molecule has 1 N–H and O–H groups in total. The number of anilines is 1. The van der Waals surface area contributed by atoms with Gasteiger partial charge >= 0.3 is 0 Å². The van der Waals surface area contributed by atoms with Gasteiger partial charge in [-0.25, -0.2) is 9.29 Å². The van der Waals surface area contributed by atoms with Crippen LogP contribution in [0.5, 0.6) is 5.75 Å². The summed E-state index contributed by atoms with van der Waals surface area (Å²) < 4.78 is 18.9. The van der Waals surface area contributed by atoms with Crippen LogP contribution in [0, 0.1) is 5.82 Å². The van der Waals surface area contributed by atoms with E-state index in [4.69, 9.17) is 21.4 Å². The molecule has 0 atom stereocenters. The average molecular weight is 422 g/mol. The molecule has 0 saturated heterocycles. The third-order valence-electron chi connectivity index (χ3n) is 3.99. The molecule has 0 aromatic heterocycles. The lowest BCUT2D eigenvalue weighted by molar-refractivity contribution is -0.119. The lowest BCUT2D eigenvalue weighted by atomic mass is 10.1. The number of rotatable bonds is 7. The number of halogens is 2. The Labute approximate surface area is 170 Å². The SMILES string of the molecule is CCOc1ccc(C2=C(SCCO)C(=O)N(c3ccc(F)c(Cl)c3)C2=O)cc1. The first-order valence-electron chi connectivity index (χ1n) is 8.53. The second kappa shape index (κ2) is 8.77. The van der Waals surface area contributed by atoms with E-state index in [9.17, 15) is 14.0 Å². The Bertz CT molecular complexity index is 946. The number of carbonyl (C=O) groups is 2. The summed E-state index contributed by atoms with van der Waals surface area (Å²) in [5.74, 6) is -0.797. The standard InChI is InChI=1S/C20H17ClFNO4S/c1-2-27-14-6-3-12(4-7-14)17-18(28-10-9-24)20(26)23(19(17)25)13-5-8-16(22)15(21)11-13/h3-8,11,24H,2,9-10H2,1H3. The molecule has 2 aromatic rings. The van der Waals surface area contributed by atoms with Crippen LogP contribution in [0.15, 0.2) is 47.4 Å². The van der Waals surface area contributed by atoms with Crippen LogP contribution in [0.25, 0.3) is 5.57 Å². The van der Waals surface area contributed by atoms with Crippen molar-refractivity contribution in [3.05, 3.63) is 63.8 Å². The van der Waals surface area contributed by atoms with Crippen molar-refractivity contribution in [1.29, 1.82) is 0 Å². The van der Waals surface area contributed by atoms with Crippen LogP contribution in [0.1, 0.15) is 12.5 Å². The predicted octanol–water partition coefficient (Wildman–Crippen LogP) is 3.89. The molecule has 28 heavy (non-hydrogen) atoms. The van der Waals surface area contributed by atoms with Crippen molar-refractivity contribution in [1.82, 2.24) is 0 Å². The second-order valence-corrected chi connectivity index (χ2v) is 7.29. The summed E-state index contributed by atoms with van der Waals surface area (Å²) in [5.41, 5.74) is 0.967. The molecule has 0 saturated carbocycles. The van der Waals surface area contributed by atoms with Gasteiger partial charge in [-0.2, -0.15) is 0 Å². The molecule has 0 bridgehead atoms. The van der Waals surface area contributed by atoms with E-state index in [0.717, 1.165) is 22.7 Å². The Morgan fingerprint density at radius 3 is 2.46 bits per heavy atom. The summed E-state index contributed by atoms with van der Waals surface area (Å²) in [6, 6.07) is 10.5. The van der Waals surface area contributed by atoms with Gasteiger partial charge in [0.25, 0.3) is 11.8 Å². The van der Waals surface area contributed by atoms with Crippen molar-refractivity contribution < 1.29 is 23.8 Å². The van der Waals surface area contributed by atoms with Gasteiger partial charge < -0.3 is 9.84 Å². The van der Waals surface area contributed by atoms with Gasteiger partial charge in [-0.05, 0) is 42.8 Å². The highest BCUT2D eigenvalue weighted by molar-refractivity contribution is 8.04. The van der Waals surface area contributed by atoms with Gasteiger partial charge in [-0.1, -0.05) is 23.7 Å². The van der Waals surface area contributed by atoms with E-state index in [1.165, 1.54) is 12.1 Å². The molecule has 1 aliphatic heterocycles. The highest BCUT2D eigenvalue weighted by Crippen LogP contribution is 2.39. The van der Waals surface area contributed by atoms with Crippen molar-refractivity contribution in [3.63, 3.8) is 0 Å². The predicted molar refractivity (Wildman–Crippen MR) is 108 cm³/mol. The highest BCUT2D eigenvalue weighted by Gasteiger charge is 2.40. The first kappa shape index (κ1) is 20.4. The monoisotopic (exact) mass is 421 g/mol. The number of ether oxygens (including phenoxy) is 1. The number of aliphatic hydroxyl groups excluding tert-OH is 1. The zero-order valence-electron chi connectivity index (χ0n) is 14.9. The molecule has 146 valence electrons. The minimum absolute atomic E-state index is 0.144. The molecule has 5 nitrogen and oxygen atoms in total. The van der Waals surface area contributed by atoms with Crippen LogP contribution in [-0.2, 0) is 9.59 Å². The number of carbonyl (C=O) groups excluding carboxylic acids is 2. The average Bonchev–Trinajstić information content (AvgIpc) is 2.93. The molecule has 1 aliphatic rings. The number of nitrogens with zero attached hydrogens (tertiary/aromatic N) is 1. The molecule has 8 heteroatoms. The summed E-state index contributed by atoms with van der Waals surface area (Å²) in [5, 5.41) is 8.97.